The monoisotopic (exact) mass is 557 g/mol. The van der Waals surface area contributed by atoms with E-state index in [-0.39, 0.29) is 5.91 Å². The third-order valence-corrected chi connectivity index (χ3v) is 7.19. The van der Waals surface area contributed by atoms with E-state index in [2.05, 4.69) is 60.1 Å². The molecule has 4 aromatic rings. The zero-order valence-corrected chi connectivity index (χ0v) is 24.9. The number of fused-ring (bicyclic) bond motifs is 1. The lowest BCUT2D eigenvalue weighted by molar-refractivity contribution is -0.120. The fraction of sp³-hybridized carbons (Fsp3) is 0.412. The minimum absolute atomic E-state index is 0.0144. The van der Waals surface area contributed by atoms with E-state index in [1.807, 2.05) is 24.3 Å². The number of nitrogens with zero attached hydrogens (tertiary/aromatic N) is 2. The highest BCUT2D eigenvalue weighted by Gasteiger charge is 2.11. The second-order valence-electron chi connectivity index (χ2n) is 10.6. The molecule has 0 saturated carbocycles. The van der Waals surface area contributed by atoms with E-state index in [0.29, 0.717) is 31.1 Å². The summed E-state index contributed by atoms with van der Waals surface area (Å²) >= 11 is 0. The van der Waals surface area contributed by atoms with Gasteiger partial charge in [-0.25, -0.2) is 4.98 Å². The third-order valence-electron chi connectivity index (χ3n) is 7.19. The Bertz CT molecular complexity index is 1410. The normalized spacial score (nSPS) is 11.0. The van der Waals surface area contributed by atoms with Crippen LogP contribution in [0.4, 0.5) is 0 Å². The zero-order chi connectivity index (χ0) is 29.0. The molecule has 0 aliphatic carbocycles. The summed E-state index contributed by atoms with van der Waals surface area (Å²) in [7, 11) is 3.20. The summed E-state index contributed by atoms with van der Waals surface area (Å²) in [6.45, 7) is 6.51. The molecular weight excluding hydrogens is 514 g/mol. The molecule has 0 radical (unpaired) electrons. The molecule has 1 heterocycles. The number of rotatable bonds is 16. The first-order valence-electron chi connectivity index (χ1n) is 14.6. The van der Waals surface area contributed by atoms with Crippen LogP contribution in [0.2, 0.25) is 0 Å². The van der Waals surface area contributed by atoms with Gasteiger partial charge >= 0.3 is 0 Å². The van der Waals surface area contributed by atoms with Gasteiger partial charge in [-0.3, -0.25) is 4.79 Å². The van der Waals surface area contributed by atoms with Gasteiger partial charge in [0, 0.05) is 19.5 Å². The Morgan fingerprint density at radius 3 is 2.41 bits per heavy atom. The van der Waals surface area contributed by atoms with E-state index < -0.39 is 0 Å². The number of benzene rings is 3. The van der Waals surface area contributed by atoms with Gasteiger partial charge < -0.3 is 24.1 Å². The smallest absolute Gasteiger partial charge is 0.224 e. The molecule has 0 unspecified atom stereocenters. The maximum absolute atomic E-state index is 12.4. The maximum Gasteiger partial charge on any atom is 0.224 e. The van der Waals surface area contributed by atoms with Crippen LogP contribution in [0.15, 0.2) is 60.7 Å². The zero-order valence-electron chi connectivity index (χ0n) is 24.9. The van der Waals surface area contributed by atoms with E-state index in [1.165, 1.54) is 16.6 Å². The van der Waals surface area contributed by atoms with Crippen molar-refractivity contribution in [2.75, 3.05) is 27.4 Å². The second-order valence-corrected chi connectivity index (χ2v) is 10.6. The van der Waals surface area contributed by atoms with Crippen LogP contribution in [0.5, 0.6) is 17.2 Å². The average molecular weight is 558 g/mol. The molecule has 218 valence electrons. The molecule has 0 bridgehead atoms. The Hall–Kier alpha value is -4.00. The first-order valence-corrected chi connectivity index (χ1v) is 14.6. The Labute approximate surface area is 243 Å². The lowest BCUT2D eigenvalue weighted by Gasteiger charge is -2.11. The van der Waals surface area contributed by atoms with Crippen molar-refractivity contribution in [1.82, 2.24) is 14.9 Å². The van der Waals surface area contributed by atoms with E-state index in [9.17, 15) is 4.79 Å². The number of ether oxygens (including phenoxy) is 3. The van der Waals surface area contributed by atoms with Gasteiger partial charge in [0.2, 0.25) is 5.91 Å². The largest absolute Gasteiger partial charge is 0.494 e. The van der Waals surface area contributed by atoms with Gasteiger partial charge in [-0.05, 0) is 92.6 Å². The topological polar surface area (TPSA) is 74.6 Å². The van der Waals surface area contributed by atoms with Gasteiger partial charge in [0.05, 0.1) is 38.3 Å². The maximum atomic E-state index is 12.4. The van der Waals surface area contributed by atoms with Crippen LogP contribution in [0, 0.1) is 13.8 Å². The number of nitrogens with one attached hydrogen (secondary N) is 1. The highest BCUT2D eigenvalue weighted by molar-refractivity contribution is 5.78. The summed E-state index contributed by atoms with van der Waals surface area (Å²) in [6, 6.07) is 20.3. The van der Waals surface area contributed by atoms with Crippen LogP contribution in [0.3, 0.4) is 0 Å². The molecule has 41 heavy (non-hydrogen) atoms. The molecule has 0 aliphatic heterocycles. The predicted molar refractivity (Wildman–Crippen MR) is 164 cm³/mol. The number of carbonyl (C=O) groups excluding carboxylic acids is 1. The van der Waals surface area contributed by atoms with Crippen molar-refractivity contribution in [1.29, 1.82) is 0 Å². The van der Waals surface area contributed by atoms with Crippen LogP contribution >= 0.6 is 0 Å². The highest BCUT2D eigenvalue weighted by Crippen LogP contribution is 2.27. The number of aromatic nitrogens is 2. The number of hydrogen-bond donors (Lipinski definition) is 1. The Balaban J connectivity index is 1.19. The summed E-state index contributed by atoms with van der Waals surface area (Å²) < 4.78 is 19.0. The molecule has 7 heteroatoms. The van der Waals surface area contributed by atoms with Gasteiger partial charge in [0.15, 0.2) is 11.5 Å². The van der Waals surface area contributed by atoms with Crippen LogP contribution < -0.4 is 19.5 Å². The van der Waals surface area contributed by atoms with Crippen LogP contribution in [0.25, 0.3) is 11.0 Å². The number of para-hydroxylation sites is 2. The Kier molecular flexibility index (Phi) is 11.1. The van der Waals surface area contributed by atoms with Crippen LogP contribution in [-0.4, -0.2) is 42.8 Å². The van der Waals surface area contributed by atoms with Crippen LogP contribution in [0.1, 0.15) is 54.6 Å². The molecule has 1 aromatic heterocycles. The quantitative estimate of drug-likeness (QED) is 0.157. The van der Waals surface area contributed by atoms with Crippen molar-refractivity contribution in [2.45, 2.75) is 65.3 Å². The third kappa shape index (κ3) is 8.74. The van der Waals surface area contributed by atoms with Gasteiger partial charge in [-0.2, -0.15) is 0 Å². The number of unbranched alkanes of at least 4 members (excludes halogenated alkanes) is 3. The van der Waals surface area contributed by atoms with Crippen molar-refractivity contribution in [3.63, 3.8) is 0 Å². The number of hydrogen-bond acceptors (Lipinski definition) is 5. The van der Waals surface area contributed by atoms with Gasteiger partial charge in [-0.15, -0.1) is 0 Å². The van der Waals surface area contributed by atoms with Gasteiger partial charge in [0.1, 0.15) is 11.6 Å². The summed E-state index contributed by atoms with van der Waals surface area (Å²) in [5.41, 5.74) is 5.60. The molecule has 0 aliphatic rings. The number of amides is 1. The van der Waals surface area contributed by atoms with Crippen molar-refractivity contribution in [3.05, 3.63) is 83.2 Å². The molecular formula is C34H43N3O4. The molecule has 0 spiro atoms. The van der Waals surface area contributed by atoms with E-state index >= 15 is 0 Å². The van der Waals surface area contributed by atoms with Crippen LogP contribution in [-0.2, 0) is 24.2 Å². The number of aryl methyl sites for hydroxylation is 4. The van der Waals surface area contributed by atoms with E-state index in [1.54, 1.807) is 14.2 Å². The number of imidazole rings is 1. The lowest BCUT2D eigenvalue weighted by atomic mass is 10.1. The molecule has 0 atom stereocenters. The molecule has 1 N–H and O–H groups in total. The predicted octanol–water partition coefficient (Wildman–Crippen LogP) is 6.60. The lowest BCUT2D eigenvalue weighted by Crippen LogP contribution is -2.26. The summed E-state index contributed by atoms with van der Waals surface area (Å²) in [6.07, 6.45) is 6.27. The summed E-state index contributed by atoms with van der Waals surface area (Å²) in [5.74, 6) is 3.40. The second kappa shape index (κ2) is 15.1. The summed E-state index contributed by atoms with van der Waals surface area (Å²) in [5, 5.41) is 3.04. The molecule has 0 fully saturated rings. The van der Waals surface area contributed by atoms with Crippen molar-refractivity contribution in [2.24, 2.45) is 0 Å². The van der Waals surface area contributed by atoms with E-state index in [0.717, 1.165) is 67.7 Å². The van der Waals surface area contributed by atoms with Gasteiger partial charge in [0.25, 0.3) is 0 Å². The van der Waals surface area contributed by atoms with Crippen molar-refractivity contribution < 1.29 is 19.0 Å². The molecule has 7 nitrogen and oxygen atoms in total. The van der Waals surface area contributed by atoms with E-state index in [4.69, 9.17) is 19.2 Å². The fourth-order valence-electron chi connectivity index (χ4n) is 5.20. The van der Waals surface area contributed by atoms with Gasteiger partial charge in [-0.1, -0.05) is 30.7 Å². The summed E-state index contributed by atoms with van der Waals surface area (Å²) in [4.78, 5) is 17.4. The molecule has 0 saturated heterocycles. The average Bonchev–Trinajstić information content (AvgIpc) is 3.31. The minimum atomic E-state index is 0.0144. The fourth-order valence-corrected chi connectivity index (χ4v) is 5.20. The highest BCUT2D eigenvalue weighted by atomic mass is 16.5. The number of carbonyl (C=O) groups is 1. The first kappa shape index (κ1) is 30.0. The molecule has 1 amide bonds. The molecule has 3 aromatic carbocycles. The minimum Gasteiger partial charge on any atom is -0.494 e. The van der Waals surface area contributed by atoms with Crippen molar-refractivity contribution >= 4 is 16.9 Å². The first-order chi connectivity index (χ1) is 20.0. The van der Waals surface area contributed by atoms with Crippen molar-refractivity contribution in [3.8, 4) is 17.2 Å². The SMILES string of the molecule is COc1ccc(CC(=O)NCCCCCc2nc3ccccc3n2CCCCOc2cc(C)cc(C)c2)cc1OC. The Morgan fingerprint density at radius 1 is 0.854 bits per heavy atom. The number of methoxy groups -OCH3 is 2. The Morgan fingerprint density at radius 2 is 1.63 bits per heavy atom. The standard InChI is InChI=1S/C34H43N3O4/c1-25-20-26(2)22-28(21-25)41-19-11-10-18-37-30-13-8-7-12-29(30)36-33(37)14-6-5-9-17-35-34(38)24-27-15-16-31(39-3)32(23-27)40-4/h7-8,12-13,15-16,20-23H,5-6,9-11,14,17-19,24H2,1-4H3,(H,35,38). The molecule has 4 rings (SSSR count).